The Hall–Kier alpha value is -4.69. The highest BCUT2D eigenvalue weighted by atomic mass is 79.9. The molecule has 2 fully saturated rings. The minimum Gasteiger partial charge on any atom is -0.370 e. The molecule has 1 N–H and O–H groups in total. The lowest BCUT2D eigenvalue weighted by Crippen LogP contribution is -2.35. The van der Waals surface area contributed by atoms with Crippen LogP contribution in [0.4, 0.5) is 5.82 Å². The summed E-state index contributed by atoms with van der Waals surface area (Å²) in [7, 11) is 0. The highest BCUT2D eigenvalue weighted by Crippen LogP contribution is 2.69. The Bertz CT molecular complexity index is 2090. The van der Waals surface area contributed by atoms with Gasteiger partial charge < -0.3 is 10.1 Å². The minimum absolute atomic E-state index is 0.00281. The second-order valence-corrected chi connectivity index (χ2v) is 13.6. The van der Waals surface area contributed by atoms with E-state index < -0.39 is 11.8 Å². The van der Waals surface area contributed by atoms with E-state index in [0.717, 1.165) is 17.5 Å². The van der Waals surface area contributed by atoms with E-state index in [1.165, 1.54) is 6.92 Å². The molecule has 14 heteroatoms. The number of benzene rings is 1. The third kappa shape index (κ3) is 5.34. The van der Waals surface area contributed by atoms with Gasteiger partial charge in [-0.05, 0) is 70.8 Å². The number of hydrogen-bond donors (Lipinski definition) is 1. The zero-order valence-electron chi connectivity index (χ0n) is 25.7. The van der Waals surface area contributed by atoms with Gasteiger partial charge in [-0.3, -0.25) is 23.7 Å². The number of amides is 1. The van der Waals surface area contributed by atoms with Crippen molar-refractivity contribution in [3.63, 3.8) is 0 Å². The van der Waals surface area contributed by atoms with Gasteiger partial charge >= 0.3 is 0 Å². The van der Waals surface area contributed by atoms with Crippen molar-refractivity contribution < 1.29 is 19.1 Å². The minimum atomic E-state index is -0.580. The van der Waals surface area contributed by atoms with E-state index in [0.29, 0.717) is 51.4 Å². The van der Waals surface area contributed by atoms with Crippen LogP contribution in [0.3, 0.4) is 0 Å². The number of carbonyl (C=O) groups is 3. The lowest BCUT2D eigenvalue weighted by atomic mass is 9.86. The number of aryl methyl sites for hydroxylation is 1. The summed E-state index contributed by atoms with van der Waals surface area (Å²) < 4.78 is 9.85. The number of ketones is 2. The van der Waals surface area contributed by atoms with Crippen molar-refractivity contribution in [2.24, 2.45) is 23.2 Å². The van der Waals surface area contributed by atoms with Gasteiger partial charge in [0, 0.05) is 54.2 Å². The quantitative estimate of drug-likeness (QED) is 0.207. The average Bonchev–Trinajstić information content (AvgIpc) is 3.32. The number of Topliss-reactive ketones (excluding diaryl/α,β-unsaturated/α-hetero) is 2. The summed E-state index contributed by atoms with van der Waals surface area (Å²) in [5, 5.41) is 16.9. The fraction of sp³-hybridized carbons (Fsp3) is 0.364. The van der Waals surface area contributed by atoms with Crippen molar-refractivity contribution >= 4 is 50.1 Å². The zero-order valence-corrected chi connectivity index (χ0v) is 27.3. The van der Waals surface area contributed by atoms with E-state index in [9.17, 15) is 14.4 Å². The molecule has 4 atom stereocenters. The maximum Gasteiger partial charge on any atom is 0.229 e. The molecule has 2 unspecified atom stereocenters. The summed E-state index contributed by atoms with van der Waals surface area (Å²) in [6.07, 6.45) is 6.69. The molecule has 1 aliphatic heterocycles. The fourth-order valence-electron chi connectivity index (χ4n) is 7.42. The van der Waals surface area contributed by atoms with Crippen LogP contribution < -0.4 is 5.32 Å². The average molecular weight is 697 g/mol. The Balaban J connectivity index is 1.13. The maximum absolute atomic E-state index is 14.3. The number of nitrogens with one attached hydrogen (secondary N) is 1. The van der Waals surface area contributed by atoms with Gasteiger partial charge in [0.2, 0.25) is 5.91 Å². The van der Waals surface area contributed by atoms with E-state index in [4.69, 9.17) is 4.74 Å². The monoisotopic (exact) mass is 695 g/mol. The van der Waals surface area contributed by atoms with Gasteiger partial charge in [0.05, 0.1) is 24.9 Å². The lowest BCUT2D eigenvalue weighted by molar-refractivity contribution is -0.131. The molecule has 3 aliphatic rings. The van der Waals surface area contributed by atoms with Crippen LogP contribution in [0.25, 0.3) is 22.0 Å². The van der Waals surface area contributed by atoms with Crippen LogP contribution in [-0.4, -0.2) is 57.2 Å². The number of carbonyl (C=O) groups excluding carboxylic acids is 3. The third-order valence-corrected chi connectivity index (χ3v) is 10.2. The van der Waals surface area contributed by atoms with Gasteiger partial charge in [-0.15, -0.1) is 5.10 Å². The van der Waals surface area contributed by atoms with Crippen molar-refractivity contribution in [3.05, 3.63) is 76.3 Å². The lowest BCUT2D eigenvalue weighted by Gasteiger charge is -2.22. The van der Waals surface area contributed by atoms with Crippen LogP contribution in [0, 0.1) is 30.1 Å². The number of rotatable bonds is 5. The number of aromatic nitrogens is 8. The summed E-state index contributed by atoms with van der Waals surface area (Å²) >= 11 is 3.41. The molecule has 0 saturated heterocycles. The summed E-state index contributed by atoms with van der Waals surface area (Å²) in [6, 6.07) is 9.30. The summed E-state index contributed by atoms with van der Waals surface area (Å²) in [5.74, 6) is -0.623. The molecule has 1 aromatic carbocycles. The first-order valence-electron chi connectivity index (χ1n) is 15.4. The number of anilines is 1. The van der Waals surface area contributed by atoms with Crippen molar-refractivity contribution in [2.45, 2.75) is 53.0 Å². The highest BCUT2D eigenvalue weighted by molar-refractivity contribution is 9.10. The number of ether oxygens (including phenoxy) is 1. The molecule has 2 saturated carbocycles. The molecule has 0 radical (unpaired) electrons. The molecular formula is C33H30BrN9O4. The first-order chi connectivity index (χ1) is 22.7. The third-order valence-electron chi connectivity index (χ3n) is 9.72. The molecule has 2 aliphatic carbocycles. The maximum atomic E-state index is 14.3. The molecule has 47 heavy (non-hydrogen) atoms. The Morgan fingerprint density at radius 1 is 1.11 bits per heavy atom. The molecule has 8 rings (SSSR count). The van der Waals surface area contributed by atoms with Crippen molar-refractivity contribution in [1.82, 2.24) is 39.7 Å². The van der Waals surface area contributed by atoms with Gasteiger partial charge in [-0.2, -0.15) is 5.10 Å². The number of pyridine rings is 1. The van der Waals surface area contributed by atoms with E-state index in [1.807, 2.05) is 37.4 Å². The van der Waals surface area contributed by atoms with Crippen LogP contribution in [0.5, 0.6) is 0 Å². The first-order valence-corrected chi connectivity index (χ1v) is 16.2. The predicted molar refractivity (Wildman–Crippen MR) is 172 cm³/mol. The first kappa shape index (κ1) is 29.7. The molecule has 1 spiro atoms. The highest BCUT2D eigenvalue weighted by Gasteiger charge is 2.68. The fourth-order valence-corrected chi connectivity index (χ4v) is 7.73. The van der Waals surface area contributed by atoms with Crippen LogP contribution in [0.15, 0.2) is 53.5 Å². The van der Waals surface area contributed by atoms with Crippen molar-refractivity contribution in [1.29, 1.82) is 0 Å². The standard InChI is InChI=1S/C33H30BrN9O4/c1-17(44)30-23-7-19(21-10-35-18(2)36-11-21)3-5-26(23)43(40-30)13-27(45)29-24-8-33(9-25(29)33)16-42-12-22(39-41-42)15-47-14-20-4-6-28(34)37-31(20)38-32(24)46/h3-7,10-12,24-25,29H,8-9,13-16H2,1-2H3,(H,37,38,46)/t24-,25?,29?,33+/m1/s1. The Morgan fingerprint density at radius 2 is 1.94 bits per heavy atom. The summed E-state index contributed by atoms with van der Waals surface area (Å²) in [5.41, 5.74) is 3.76. The number of halogens is 1. The van der Waals surface area contributed by atoms with E-state index in [-0.39, 0.29) is 54.3 Å². The molecule has 238 valence electrons. The van der Waals surface area contributed by atoms with E-state index in [1.54, 1.807) is 27.8 Å². The van der Waals surface area contributed by atoms with Crippen LogP contribution in [-0.2, 0) is 40.6 Å². The number of hydrogen-bond acceptors (Lipinski definition) is 10. The number of fused-ring (bicyclic) bond motifs is 5. The topological polar surface area (TPSA) is 160 Å². The van der Waals surface area contributed by atoms with E-state index in [2.05, 4.69) is 51.6 Å². The summed E-state index contributed by atoms with van der Waals surface area (Å²) in [6.45, 7) is 4.26. The van der Waals surface area contributed by atoms with Crippen molar-refractivity contribution in [2.75, 3.05) is 5.32 Å². The molecule has 5 heterocycles. The summed E-state index contributed by atoms with van der Waals surface area (Å²) in [4.78, 5) is 54.1. The Labute approximate surface area is 277 Å². The van der Waals surface area contributed by atoms with Crippen LogP contribution >= 0.6 is 15.9 Å². The van der Waals surface area contributed by atoms with Crippen LogP contribution in [0.2, 0.25) is 0 Å². The second kappa shape index (κ2) is 11.2. The molecular weight excluding hydrogens is 666 g/mol. The predicted octanol–water partition coefficient (Wildman–Crippen LogP) is 4.33. The van der Waals surface area contributed by atoms with Crippen molar-refractivity contribution in [3.8, 4) is 11.1 Å². The Kier molecular flexibility index (Phi) is 7.10. The van der Waals surface area contributed by atoms with Gasteiger partial charge in [-0.25, -0.2) is 15.0 Å². The molecule has 13 nitrogen and oxygen atoms in total. The van der Waals surface area contributed by atoms with Gasteiger partial charge in [0.25, 0.3) is 0 Å². The number of nitrogens with zero attached hydrogens (tertiary/aromatic N) is 8. The molecule has 4 bridgehead atoms. The second-order valence-electron chi connectivity index (χ2n) is 12.8. The molecule has 5 aromatic rings. The van der Waals surface area contributed by atoms with Gasteiger partial charge in [0.15, 0.2) is 11.6 Å². The molecule has 1 amide bonds. The largest absolute Gasteiger partial charge is 0.370 e. The smallest absolute Gasteiger partial charge is 0.229 e. The Morgan fingerprint density at radius 3 is 2.74 bits per heavy atom. The molecule has 4 aromatic heterocycles. The van der Waals surface area contributed by atoms with E-state index >= 15 is 0 Å². The van der Waals surface area contributed by atoms with Gasteiger partial charge in [-0.1, -0.05) is 17.3 Å². The zero-order chi connectivity index (χ0) is 32.4. The SMILES string of the molecule is CC(=O)c1nn(CC(=O)C2C3C[C@]34C[C@H]2C(=O)Nc2nc(Br)ccc2COCc2cn(nn2)C4)c2ccc(-c3cnc(C)nc3)cc12. The normalized spacial score (nSPS) is 23.5. The van der Waals surface area contributed by atoms with Crippen LogP contribution in [0.1, 0.15) is 47.3 Å². The van der Waals surface area contributed by atoms with Gasteiger partial charge in [0.1, 0.15) is 34.2 Å².